The van der Waals surface area contributed by atoms with Crippen molar-refractivity contribution < 1.29 is 9.90 Å². The minimum Gasteiger partial charge on any atom is -0.393 e. The second-order valence-corrected chi connectivity index (χ2v) is 4.86. The summed E-state index contributed by atoms with van der Waals surface area (Å²) in [5.74, 6) is 0.0175. The van der Waals surface area contributed by atoms with E-state index in [1.165, 1.54) is 0 Å². The summed E-state index contributed by atoms with van der Waals surface area (Å²) in [5.41, 5.74) is 1.74. The van der Waals surface area contributed by atoms with E-state index in [0.29, 0.717) is 12.0 Å². The normalized spacial score (nSPS) is 12.2. The number of hydrogen-bond acceptors (Lipinski definition) is 3. The topological polar surface area (TPSA) is 40.5 Å². The maximum atomic E-state index is 11.9. The van der Waals surface area contributed by atoms with E-state index in [4.69, 9.17) is 0 Å². The Morgan fingerprint density at radius 2 is 1.89 bits per heavy atom. The molecule has 0 heterocycles. The van der Waals surface area contributed by atoms with Gasteiger partial charge in [-0.3, -0.25) is 4.79 Å². The predicted octanol–water partition coefficient (Wildman–Crippen LogP) is 2.88. The number of anilines is 1. The van der Waals surface area contributed by atoms with Gasteiger partial charge in [-0.15, -0.1) is 0 Å². The molecule has 18 heavy (non-hydrogen) atoms. The molecule has 0 saturated heterocycles. The Hall–Kier alpha value is -1.35. The minimum absolute atomic E-state index is 0.0175. The molecule has 0 saturated carbocycles. The molecule has 3 nitrogen and oxygen atoms in total. The number of carbonyl (C=O) groups is 1. The molecule has 0 radical (unpaired) electrons. The van der Waals surface area contributed by atoms with Gasteiger partial charge in [0.15, 0.2) is 5.78 Å². The van der Waals surface area contributed by atoms with Gasteiger partial charge in [0.25, 0.3) is 0 Å². The summed E-state index contributed by atoms with van der Waals surface area (Å²) in [6.07, 6.45) is 2.43. The summed E-state index contributed by atoms with van der Waals surface area (Å²) in [7, 11) is 3.93. The molecule has 0 aliphatic rings. The van der Waals surface area contributed by atoms with Crippen molar-refractivity contribution in [2.45, 2.75) is 38.7 Å². The molecule has 0 aliphatic heterocycles. The zero-order valence-corrected chi connectivity index (χ0v) is 11.5. The third-order valence-corrected chi connectivity index (χ3v) is 3.02. The standard InChI is InChI=1S/C15H23NO2/c1-4-5-6-14(17)11-15(18)12-7-9-13(10-8-12)16(2)3/h7-10,14,17H,4-6,11H2,1-3H3. The molecule has 0 spiro atoms. The Labute approximate surface area is 109 Å². The third kappa shape index (κ3) is 4.49. The van der Waals surface area contributed by atoms with Crippen LogP contribution in [0.5, 0.6) is 0 Å². The zero-order valence-electron chi connectivity index (χ0n) is 11.5. The number of aliphatic hydroxyl groups excluding tert-OH is 1. The Balaban J connectivity index is 2.56. The summed E-state index contributed by atoms with van der Waals surface area (Å²) in [6.45, 7) is 2.08. The van der Waals surface area contributed by atoms with Gasteiger partial charge in [0.2, 0.25) is 0 Å². The van der Waals surface area contributed by atoms with Gasteiger partial charge in [0.1, 0.15) is 0 Å². The second-order valence-electron chi connectivity index (χ2n) is 4.86. The van der Waals surface area contributed by atoms with Gasteiger partial charge in [0, 0.05) is 31.8 Å². The van der Waals surface area contributed by atoms with Crippen LogP contribution >= 0.6 is 0 Å². The van der Waals surface area contributed by atoms with Gasteiger partial charge in [-0.25, -0.2) is 0 Å². The Bertz CT molecular complexity index is 371. The Morgan fingerprint density at radius 3 is 2.39 bits per heavy atom. The van der Waals surface area contributed by atoms with Crippen molar-refractivity contribution in [1.82, 2.24) is 0 Å². The van der Waals surface area contributed by atoms with Crippen LogP contribution in [0.1, 0.15) is 43.0 Å². The lowest BCUT2D eigenvalue weighted by Crippen LogP contribution is -2.14. The fourth-order valence-electron chi connectivity index (χ4n) is 1.82. The van der Waals surface area contributed by atoms with Crippen LogP contribution in [0.2, 0.25) is 0 Å². The minimum atomic E-state index is -0.508. The van der Waals surface area contributed by atoms with Gasteiger partial charge in [-0.05, 0) is 30.7 Å². The molecule has 0 amide bonds. The summed E-state index contributed by atoms with van der Waals surface area (Å²) >= 11 is 0. The lowest BCUT2D eigenvalue weighted by Gasteiger charge is -2.13. The number of aliphatic hydroxyl groups is 1. The van der Waals surface area contributed by atoms with Crippen LogP contribution < -0.4 is 4.90 Å². The summed E-state index contributed by atoms with van der Waals surface area (Å²) in [4.78, 5) is 13.9. The molecule has 0 bridgehead atoms. The maximum absolute atomic E-state index is 11.9. The van der Waals surface area contributed by atoms with Crippen LogP contribution in [0.3, 0.4) is 0 Å². The Kier molecular flexibility index (Phi) is 5.86. The molecule has 1 aromatic rings. The smallest absolute Gasteiger partial charge is 0.165 e. The van der Waals surface area contributed by atoms with Gasteiger partial charge >= 0.3 is 0 Å². The van der Waals surface area contributed by atoms with E-state index in [9.17, 15) is 9.90 Å². The summed E-state index contributed by atoms with van der Waals surface area (Å²) in [5, 5.41) is 9.73. The first-order chi connectivity index (χ1) is 8.54. The number of Topliss-reactive ketones (excluding diaryl/α,β-unsaturated/α-hetero) is 1. The average molecular weight is 249 g/mol. The van der Waals surface area contributed by atoms with Crippen LogP contribution in [0.15, 0.2) is 24.3 Å². The lowest BCUT2D eigenvalue weighted by atomic mass is 10.0. The molecule has 0 aromatic heterocycles. The van der Waals surface area contributed by atoms with E-state index in [-0.39, 0.29) is 12.2 Å². The van der Waals surface area contributed by atoms with Crippen molar-refractivity contribution >= 4 is 11.5 Å². The fraction of sp³-hybridized carbons (Fsp3) is 0.533. The monoisotopic (exact) mass is 249 g/mol. The second kappa shape index (κ2) is 7.17. The number of nitrogens with zero attached hydrogens (tertiary/aromatic N) is 1. The van der Waals surface area contributed by atoms with Crippen molar-refractivity contribution in [3.63, 3.8) is 0 Å². The van der Waals surface area contributed by atoms with Crippen LogP contribution in [-0.4, -0.2) is 31.1 Å². The number of ketones is 1. The van der Waals surface area contributed by atoms with Gasteiger partial charge in [-0.1, -0.05) is 19.8 Å². The molecule has 1 aromatic carbocycles. The largest absolute Gasteiger partial charge is 0.393 e. The number of unbranched alkanes of at least 4 members (excludes halogenated alkanes) is 1. The van der Waals surface area contributed by atoms with E-state index in [1.54, 1.807) is 0 Å². The lowest BCUT2D eigenvalue weighted by molar-refractivity contribution is 0.0865. The number of hydrogen-bond donors (Lipinski definition) is 1. The van der Waals surface area contributed by atoms with Crippen molar-refractivity contribution in [2.75, 3.05) is 19.0 Å². The number of rotatable bonds is 7. The molecule has 0 aliphatic carbocycles. The van der Waals surface area contributed by atoms with E-state index in [0.717, 1.165) is 18.5 Å². The SMILES string of the molecule is CCCCC(O)CC(=O)c1ccc(N(C)C)cc1. The van der Waals surface area contributed by atoms with E-state index in [2.05, 4.69) is 6.92 Å². The zero-order chi connectivity index (χ0) is 13.5. The summed E-state index contributed by atoms with van der Waals surface area (Å²) < 4.78 is 0. The molecular formula is C15H23NO2. The van der Waals surface area contributed by atoms with Crippen molar-refractivity contribution in [3.8, 4) is 0 Å². The van der Waals surface area contributed by atoms with Crippen molar-refractivity contribution in [3.05, 3.63) is 29.8 Å². The molecule has 1 rings (SSSR count). The molecule has 0 fully saturated rings. The van der Waals surface area contributed by atoms with Crippen molar-refractivity contribution in [1.29, 1.82) is 0 Å². The quantitative estimate of drug-likeness (QED) is 0.755. The van der Waals surface area contributed by atoms with E-state index in [1.807, 2.05) is 43.3 Å². The Morgan fingerprint density at radius 1 is 1.28 bits per heavy atom. The predicted molar refractivity (Wildman–Crippen MR) is 75.2 cm³/mol. The first-order valence-corrected chi connectivity index (χ1v) is 6.53. The van der Waals surface area contributed by atoms with Gasteiger partial charge in [0.05, 0.1) is 6.10 Å². The highest BCUT2D eigenvalue weighted by Gasteiger charge is 2.12. The van der Waals surface area contributed by atoms with Crippen LogP contribution in [-0.2, 0) is 0 Å². The highest BCUT2D eigenvalue weighted by atomic mass is 16.3. The van der Waals surface area contributed by atoms with Gasteiger partial charge in [-0.2, -0.15) is 0 Å². The maximum Gasteiger partial charge on any atom is 0.165 e. The number of carbonyl (C=O) groups excluding carboxylic acids is 1. The molecule has 1 N–H and O–H groups in total. The average Bonchev–Trinajstić information content (AvgIpc) is 2.36. The van der Waals surface area contributed by atoms with E-state index >= 15 is 0 Å². The highest BCUT2D eigenvalue weighted by molar-refractivity contribution is 5.96. The van der Waals surface area contributed by atoms with Crippen molar-refractivity contribution in [2.24, 2.45) is 0 Å². The van der Waals surface area contributed by atoms with Crippen LogP contribution in [0, 0.1) is 0 Å². The molecule has 1 unspecified atom stereocenters. The van der Waals surface area contributed by atoms with E-state index < -0.39 is 6.10 Å². The molecular weight excluding hydrogens is 226 g/mol. The van der Waals surface area contributed by atoms with Crippen LogP contribution in [0.25, 0.3) is 0 Å². The third-order valence-electron chi connectivity index (χ3n) is 3.02. The first kappa shape index (κ1) is 14.7. The molecule has 100 valence electrons. The molecule has 1 atom stereocenters. The van der Waals surface area contributed by atoms with Crippen LogP contribution in [0.4, 0.5) is 5.69 Å². The first-order valence-electron chi connectivity index (χ1n) is 6.53. The number of benzene rings is 1. The van der Waals surface area contributed by atoms with Gasteiger partial charge < -0.3 is 10.0 Å². The summed E-state index contributed by atoms with van der Waals surface area (Å²) in [6, 6.07) is 7.49. The fourth-order valence-corrected chi connectivity index (χ4v) is 1.82. The molecule has 3 heteroatoms. The highest BCUT2D eigenvalue weighted by Crippen LogP contribution is 2.15.